The van der Waals surface area contributed by atoms with E-state index in [1.165, 1.54) is 26.2 Å². The maximum absolute atomic E-state index is 11.9. The Hall–Kier alpha value is -1.84. The lowest BCUT2D eigenvalue weighted by Crippen LogP contribution is -2.43. The molecule has 0 spiro atoms. The fraction of sp³-hybridized carbons (Fsp3) is 0.529. The summed E-state index contributed by atoms with van der Waals surface area (Å²) in [5.41, 5.74) is 0.591. The Morgan fingerprint density at radius 1 is 1.29 bits per heavy atom. The molecule has 1 aromatic rings. The SMILES string of the molecule is CC(=O)c1cccc(OCC(=O)N[C@@H]2CCCC[C@@H]2C)c1. The average molecular weight is 289 g/mol. The number of nitrogens with one attached hydrogen (secondary N) is 1. The van der Waals surface area contributed by atoms with Gasteiger partial charge in [-0.15, -0.1) is 0 Å². The number of hydrogen-bond acceptors (Lipinski definition) is 3. The second kappa shape index (κ2) is 7.25. The molecule has 114 valence electrons. The standard InChI is InChI=1S/C17H23NO3/c1-12-6-3-4-9-16(12)18-17(20)11-21-15-8-5-7-14(10-15)13(2)19/h5,7-8,10,12,16H,3-4,6,9,11H2,1-2H3,(H,18,20)/t12-,16+/m0/s1. The van der Waals surface area contributed by atoms with Crippen molar-refractivity contribution in [1.29, 1.82) is 0 Å². The Morgan fingerprint density at radius 2 is 2.05 bits per heavy atom. The number of carbonyl (C=O) groups is 2. The summed E-state index contributed by atoms with van der Waals surface area (Å²) >= 11 is 0. The minimum atomic E-state index is -0.0954. The van der Waals surface area contributed by atoms with Gasteiger partial charge >= 0.3 is 0 Å². The molecule has 0 aromatic heterocycles. The first-order valence-corrected chi connectivity index (χ1v) is 7.59. The normalized spacial score (nSPS) is 21.6. The number of hydrogen-bond donors (Lipinski definition) is 1. The maximum atomic E-state index is 11.9. The van der Waals surface area contributed by atoms with E-state index in [-0.39, 0.29) is 24.3 Å². The van der Waals surface area contributed by atoms with Crippen LogP contribution in [0.1, 0.15) is 49.9 Å². The highest BCUT2D eigenvalue weighted by Crippen LogP contribution is 2.23. The molecule has 1 saturated carbocycles. The zero-order valence-corrected chi connectivity index (χ0v) is 12.7. The van der Waals surface area contributed by atoms with Crippen LogP contribution in [0, 0.1) is 5.92 Å². The molecule has 0 radical (unpaired) electrons. The molecule has 0 aliphatic heterocycles. The number of amides is 1. The number of rotatable bonds is 5. The van der Waals surface area contributed by atoms with Gasteiger partial charge in [-0.25, -0.2) is 0 Å². The molecule has 0 unspecified atom stereocenters. The molecule has 1 amide bonds. The first kappa shape index (κ1) is 15.5. The van der Waals surface area contributed by atoms with Crippen LogP contribution in [0.25, 0.3) is 0 Å². The fourth-order valence-electron chi connectivity index (χ4n) is 2.73. The van der Waals surface area contributed by atoms with E-state index >= 15 is 0 Å². The second-order valence-corrected chi connectivity index (χ2v) is 5.81. The van der Waals surface area contributed by atoms with Crippen molar-refractivity contribution in [2.75, 3.05) is 6.61 Å². The molecule has 2 rings (SSSR count). The second-order valence-electron chi connectivity index (χ2n) is 5.81. The van der Waals surface area contributed by atoms with Crippen molar-refractivity contribution in [3.63, 3.8) is 0 Å². The Balaban J connectivity index is 1.83. The Kier molecular flexibility index (Phi) is 5.37. The molecule has 1 fully saturated rings. The molecule has 21 heavy (non-hydrogen) atoms. The molecule has 1 aliphatic rings. The van der Waals surface area contributed by atoms with Crippen molar-refractivity contribution < 1.29 is 14.3 Å². The van der Waals surface area contributed by atoms with Crippen LogP contribution in [0.5, 0.6) is 5.75 Å². The zero-order valence-electron chi connectivity index (χ0n) is 12.7. The van der Waals surface area contributed by atoms with E-state index < -0.39 is 0 Å². The van der Waals surface area contributed by atoms with Crippen molar-refractivity contribution in [3.8, 4) is 5.75 Å². The van der Waals surface area contributed by atoms with Crippen molar-refractivity contribution >= 4 is 11.7 Å². The Morgan fingerprint density at radius 3 is 2.76 bits per heavy atom. The van der Waals surface area contributed by atoms with E-state index in [1.54, 1.807) is 24.3 Å². The van der Waals surface area contributed by atoms with Crippen LogP contribution in [0.3, 0.4) is 0 Å². The van der Waals surface area contributed by atoms with Gasteiger partial charge in [-0.3, -0.25) is 9.59 Å². The average Bonchev–Trinajstić information content (AvgIpc) is 2.48. The molecular weight excluding hydrogens is 266 g/mol. The lowest BCUT2D eigenvalue weighted by Gasteiger charge is -2.29. The Labute approximate surface area is 125 Å². The number of benzene rings is 1. The minimum absolute atomic E-state index is 0.00935. The first-order chi connectivity index (χ1) is 10.1. The smallest absolute Gasteiger partial charge is 0.258 e. The lowest BCUT2D eigenvalue weighted by atomic mass is 9.86. The summed E-state index contributed by atoms with van der Waals surface area (Å²) in [5.74, 6) is 0.973. The van der Waals surface area contributed by atoms with Crippen LogP contribution in [-0.2, 0) is 4.79 Å². The monoisotopic (exact) mass is 289 g/mol. The van der Waals surface area contributed by atoms with Gasteiger partial charge in [-0.1, -0.05) is 31.9 Å². The van der Waals surface area contributed by atoms with Gasteiger partial charge in [0.15, 0.2) is 12.4 Å². The number of Topliss-reactive ketones (excluding diaryl/α,β-unsaturated/α-hetero) is 1. The number of carbonyl (C=O) groups excluding carboxylic acids is 2. The summed E-state index contributed by atoms with van der Waals surface area (Å²) < 4.78 is 5.47. The molecule has 0 heterocycles. The molecule has 0 bridgehead atoms. The molecule has 1 aliphatic carbocycles. The van der Waals surface area contributed by atoms with Crippen molar-refractivity contribution in [2.45, 2.75) is 45.6 Å². The summed E-state index contributed by atoms with van der Waals surface area (Å²) in [7, 11) is 0. The molecule has 1 N–H and O–H groups in total. The van der Waals surface area contributed by atoms with E-state index in [9.17, 15) is 9.59 Å². The van der Waals surface area contributed by atoms with Crippen LogP contribution in [-0.4, -0.2) is 24.3 Å². The Bertz CT molecular complexity index is 513. The first-order valence-electron chi connectivity index (χ1n) is 7.59. The minimum Gasteiger partial charge on any atom is -0.484 e. The van der Waals surface area contributed by atoms with Crippen molar-refractivity contribution in [1.82, 2.24) is 5.32 Å². The van der Waals surface area contributed by atoms with Gasteiger partial charge in [-0.2, -0.15) is 0 Å². The van der Waals surface area contributed by atoms with Gasteiger partial charge in [0.2, 0.25) is 0 Å². The molecule has 0 saturated heterocycles. The van der Waals surface area contributed by atoms with Gasteiger partial charge in [0.05, 0.1) is 0 Å². The largest absolute Gasteiger partial charge is 0.484 e. The van der Waals surface area contributed by atoms with Gasteiger partial charge in [0.25, 0.3) is 5.91 Å². The molecule has 4 heteroatoms. The topological polar surface area (TPSA) is 55.4 Å². The van der Waals surface area contributed by atoms with Crippen molar-refractivity contribution in [3.05, 3.63) is 29.8 Å². The highest BCUT2D eigenvalue weighted by Gasteiger charge is 2.22. The van der Waals surface area contributed by atoms with E-state index in [0.717, 1.165) is 6.42 Å². The van der Waals surface area contributed by atoms with Crippen LogP contribution in [0.2, 0.25) is 0 Å². The molecule has 1 aromatic carbocycles. The predicted molar refractivity (Wildman–Crippen MR) is 81.5 cm³/mol. The van der Waals surface area contributed by atoms with E-state index in [4.69, 9.17) is 4.74 Å². The van der Waals surface area contributed by atoms with E-state index in [2.05, 4.69) is 12.2 Å². The van der Waals surface area contributed by atoms with Crippen molar-refractivity contribution in [2.24, 2.45) is 5.92 Å². The van der Waals surface area contributed by atoms with Gasteiger partial charge in [0, 0.05) is 11.6 Å². The third-order valence-corrected chi connectivity index (χ3v) is 4.07. The summed E-state index contributed by atoms with van der Waals surface area (Å²) in [4.78, 5) is 23.2. The maximum Gasteiger partial charge on any atom is 0.258 e. The third-order valence-electron chi connectivity index (χ3n) is 4.07. The predicted octanol–water partition coefficient (Wildman–Crippen LogP) is 2.96. The van der Waals surface area contributed by atoms with E-state index in [1.807, 2.05) is 0 Å². The molecule has 2 atom stereocenters. The van der Waals surface area contributed by atoms with Gasteiger partial charge < -0.3 is 10.1 Å². The van der Waals surface area contributed by atoms with Crippen LogP contribution < -0.4 is 10.1 Å². The highest BCUT2D eigenvalue weighted by molar-refractivity contribution is 5.94. The van der Waals surface area contributed by atoms with Crippen LogP contribution >= 0.6 is 0 Å². The fourth-order valence-corrected chi connectivity index (χ4v) is 2.73. The summed E-state index contributed by atoms with van der Waals surface area (Å²) in [6.07, 6.45) is 4.65. The molecule has 4 nitrogen and oxygen atoms in total. The quantitative estimate of drug-likeness (QED) is 0.848. The summed E-state index contributed by atoms with van der Waals surface area (Å²) in [6.45, 7) is 3.68. The summed E-state index contributed by atoms with van der Waals surface area (Å²) in [5, 5.41) is 3.05. The highest BCUT2D eigenvalue weighted by atomic mass is 16.5. The zero-order chi connectivity index (χ0) is 15.2. The van der Waals surface area contributed by atoms with Gasteiger partial charge in [-0.05, 0) is 37.8 Å². The van der Waals surface area contributed by atoms with E-state index in [0.29, 0.717) is 17.2 Å². The number of ether oxygens (including phenoxy) is 1. The third kappa shape index (κ3) is 4.59. The summed E-state index contributed by atoms with van der Waals surface area (Å²) in [6, 6.07) is 7.17. The lowest BCUT2D eigenvalue weighted by molar-refractivity contribution is -0.124. The van der Waals surface area contributed by atoms with Gasteiger partial charge in [0.1, 0.15) is 5.75 Å². The molecular formula is C17H23NO3. The van der Waals surface area contributed by atoms with Crippen LogP contribution in [0.15, 0.2) is 24.3 Å². The van der Waals surface area contributed by atoms with Crippen LogP contribution in [0.4, 0.5) is 0 Å². The number of ketones is 1.